The Balaban J connectivity index is 0.000000311. The highest BCUT2D eigenvalue weighted by atomic mass is 15.1. The molecule has 38 heavy (non-hydrogen) atoms. The predicted molar refractivity (Wildman–Crippen MR) is 165 cm³/mol. The van der Waals surface area contributed by atoms with Crippen molar-refractivity contribution in [2.24, 2.45) is 5.41 Å². The Hall–Kier alpha value is -3.36. The van der Waals surface area contributed by atoms with Crippen LogP contribution in [0.2, 0.25) is 0 Å². The molecule has 5 heteroatoms. The number of pyridine rings is 1. The quantitative estimate of drug-likeness (QED) is 0.320. The second-order valence-corrected chi connectivity index (χ2v) is 10.8. The standard InChI is InChI=1S/C17H26N2.C7H9N3.C6H6.C3H8/c1-13(12-19-14(2)10-17(3,4)5)16-8-6-15(11-18)7-9-16;1-2-6-7(9-3-1)10-5-4-8-6;1-2-4-6-5-3-1;1-3-2/h6-9,13-14,19H,10,12H2,1-5H3;1-3,8H,4-5H2,(H,9,10);1-6H;3H2,1-2H3. The minimum absolute atomic E-state index is 0.365. The van der Waals surface area contributed by atoms with Crippen molar-refractivity contribution in [1.82, 2.24) is 10.3 Å². The molecule has 2 atom stereocenters. The van der Waals surface area contributed by atoms with E-state index in [0.29, 0.717) is 17.4 Å². The number of rotatable bonds is 5. The molecule has 0 saturated heterocycles. The largest absolute Gasteiger partial charge is 0.380 e. The van der Waals surface area contributed by atoms with Gasteiger partial charge in [0.25, 0.3) is 0 Å². The number of nitrogens with one attached hydrogen (secondary N) is 3. The molecule has 2 unspecified atom stereocenters. The summed E-state index contributed by atoms with van der Waals surface area (Å²) in [6, 6.07) is 26.5. The van der Waals surface area contributed by atoms with E-state index in [-0.39, 0.29) is 0 Å². The fourth-order valence-corrected chi connectivity index (χ4v) is 3.82. The van der Waals surface area contributed by atoms with Gasteiger partial charge in [-0.25, -0.2) is 4.98 Å². The fourth-order valence-electron chi connectivity index (χ4n) is 3.82. The van der Waals surface area contributed by atoms with Gasteiger partial charge in [-0.3, -0.25) is 0 Å². The van der Waals surface area contributed by atoms with Crippen LogP contribution in [-0.2, 0) is 0 Å². The maximum absolute atomic E-state index is 8.79. The van der Waals surface area contributed by atoms with Crippen LogP contribution >= 0.6 is 0 Å². The number of fused-ring (bicyclic) bond motifs is 1. The smallest absolute Gasteiger partial charge is 0.149 e. The number of hydrogen-bond acceptors (Lipinski definition) is 5. The third-order valence-electron chi connectivity index (χ3n) is 5.51. The topological polar surface area (TPSA) is 72.8 Å². The molecule has 0 bridgehead atoms. The molecule has 3 N–H and O–H groups in total. The van der Waals surface area contributed by atoms with Gasteiger partial charge in [0.1, 0.15) is 5.82 Å². The molecule has 5 nitrogen and oxygen atoms in total. The van der Waals surface area contributed by atoms with Crippen molar-refractivity contribution in [3.05, 3.63) is 90.1 Å². The maximum atomic E-state index is 8.79. The van der Waals surface area contributed by atoms with Gasteiger partial charge in [0.15, 0.2) is 0 Å². The minimum atomic E-state index is 0.365. The van der Waals surface area contributed by atoms with Crippen molar-refractivity contribution in [3.63, 3.8) is 0 Å². The van der Waals surface area contributed by atoms with Gasteiger partial charge in [-0.1, -0.05) is 96.5 Å². The molecule has 3 aromatic rings. The molecule has 0 saturated carbocycles. The predicted octanol–water partition coefficient (Wildman–Crippen LogP) is 8.10. The van der Waals surface area contributed by atoms with Crippen LogP contribution in [0.3, 0.4) is 0 Å². The summed E-state index contributed by atoms with van der Waals surface area (Å²) in [5, 5.41) is 18.8. The second-order valence-electron chi connectivity index (χ2n) is 10.8. The van der Waals surface area contributed by atoms with Crippen LogP contribution in [0.15, 0.2) is 79.0 Å². The lowest BCUT2D eigenvalue weighted by Crippen LogP contribution is -2.32. The van der Waals surface area contributed by atoms with Crippen molar-refractivity contribution in [2.75, 3.05) is 30.3 Å². The molecule has 0 fully saturated rings. The van der Waals surface area contributed by atoms with Crippen molar-refractivity contribution in [2.45, 2.75) is 73.3 Å². The van der Waals surface area contributed by atoms with Gasteiger partial charge in [-0.15, -0.1) is 0 Å². The van der Waals surface area contributed by atoms with Crippen LogP contribution in [0.5, 0.6) is 0 Å². The normalized spacial score (nSPS) is 13.0. The Morgan fingerprint density at radius 1 is 0.895 bits per heavy atom. The number of anilines is 2. The lowest BCUT2D eigenvalue weighted by atomic mass is 9.88. The van der Waals surface area contributed by atoms with Crippen LogP contribution < -0.4 is 16.0 Å². The molecule has 0 amide bonds. The van der Waals surface area contributed by atoms with Crippen LogP contribution in [0.4, 0.5) is 11.5 Å². The molecule has 0 spiro atoms. The number of nitrogens with zero attached hydrogens (tertiary/aromatic N) is 2. The van der Waals surface area contributed by atoms with Gasteiger partial charge >= 0.3 is 0 Å². The van der Waals surface area contributed by atoms with Gasteiger partial charge in [-0.05, 0) is 54.5 Å². The Kier molecular flexibility index (Phi) is 16.2. The molecule has 1 aliphatic rings. The summed E-state index contributed by atoms with van der Waals surface area (Å²) in [6.07, 6.45) is 4.21. The van der Waals surface area contributed by atoms with Gasteiger partial charge in [0.2, 0.25) is 0 Å². The third kappa shape index (κ3) is 15.0. The second kappa shape index (κ2) is 18.8. The SMILES string of the molecule is CC(CC(C)(C)C)NCC(C)c1ccc(C#N)cc1.CCC.c1ccccc1.c1cnc2c(c1)NCCN2. The zero-order valence-electron chi connectivity index (χ0n) is 24.6. The van der Waals surface area contributed by atoms with Crippen molar-refractivity contribution in [3.8, 4) is 6.07 Å². The van der Waals surface area contributed by atoms with Gasteiger partial charge in [-0.2, -0.15) is 5.26 Å². The first-order chi connectivity index (χ1) is 18.2. The van der Waals surface area contributed by atoms with Crippen molar-refractivity contribution >= 4 is 11.5 Å². The summed E-state index contributed by atoms with van der Waals surface area (Å²) < 4.78 is 0. The molecule has 2 aromatic carbocycles. The zero-order valence-corrected chi connectivity index (χ0v) is 24.6. The Bertz CT molecular complexity index is 968. The molecule has 1 aliphatic heterocycles. The highest BCUT2D eigenvalue weighted by molar-refractivity contribution is 5.65. The first-order valence-corrected chi connectivity index (χ1v) is 13.9. The third-order valence-corrected chi connectivity index (χ3v) is 5.51. The lowest BCUT2D eigenvalue weighted by Gasteiger charge is -2.25. The van der Waals surface area contributed by atoms with E-state index in [9.17, 15) is 0 Å². The summed E-state index contributed by atoms with van der Waals surface area (Å²) in [4.78, 5) is 4.15. The molecule has 2 heterocycles. The lowest BCUT2D eigenvalue weighted by molar-refractivity contribution is 0.317. The van der Waals surface area contributed by atoms with E-state index in [1.165, 1.54) is 18.4 Å². The molecule has 206 valence electrons. The van der Waals surface area contributed by atoms with Crippen LogP contribution in [0, 0.1) is 16.7 Å². The number of aromatic nitrogens is 1. The van der Waals surface area contributed by atoms with Crippen LogP contribution in [0.1, 0.15) is 78.4 Å². The van der Waals surface area contributed by atoms with Crippen molar-refractivity contribution < 1.29 is 0 Å². The van der Waals surface area contributed by atoms with E-state index in [0.717, 1.165) is 36.7 Å². The Morgan fingerprint density at radius 3 is 1.95 bits per heavy atom. The average molecular weight is 516 g/mol. The number of nitriles is 1. The highest BCUT2D eigenvalue weighted by Gasteiger charge is 2.15. The summed E-state index contributed by atoms with van der Waals surface area (Å²) in [7, 11) is 0. The monoisotopic (exact) mass is 515 g/mol. The van der Waals surface area contributed by atoms with Gasteiger partial charge in [0, 0.05) is 31.9 Å². The van der Waals surface area contributed by atoms with Gasteiger partial charge in [0.05, 0.1) is 17.3 Å². The van der Waals surface area contributed by atoms with Crippen molar-refractivity contribution in [1.29, 1.82) is 5.26 Å². The van der Waals surface area contributed by atoms with E-state index in [4.69, 9.17) is 5.26 Å². The summed E-state index contributed by atoms with van der Waals surface area (Å²) in [6.45, 7) is 18.5. The maximum Gasteiger partial charge on any atom is 0.149 e. The molecular formula is C33H49N5. The molecule has 0 aliphatic carbocycles. The summed E-state index contributed by atoms with van der Waals surface area (Å²) in [5.74, 6) is 1.43. The molecule has 1 aromatic heterocycles. The van der Waals surface area contributed by atoms with E-state index in [1.807, 2.05) is 60.7 Å². The summed E-state index contributed by atoms with van der Waals surface area (Å²) in [5.41, 5.74) is 3.48. The number of benzene rings is 2. The first kappa shape index (κ1) is 32.7. The average Bonchev–Trinajstić information content (AvgIpc) is 2.93. The molecule has 4 rings (SSSR count). The van der Waals surface area contributed by atoms with Gasteiger partial charge < -0.3 is 16.0 Å². The van der Waals surface area contributed by atoms with Crippen LogP contribution in [0.25, 0.3) is 0 Å². The first-order valence-electron chi connectivity index (χ1n) is 13.9. The minimum Gasteiger partial charge on any atom is -0.380 e. The zero-order chi connectivity index (χ0) is 28.2. The van der Waals surface area contributed by atoms with E-state index >= 15 is 0 Å². The van der Waals surface area contributed by atoms with E-state index in [1.54, 1.807) is 6.20 Å². The molecular weight excluding hydrogens is 466 g/mol. The Labute approximate surface area is 232 Å². The fraction of sp³-hybridized carbons (Fsp3) is 0.455. The van der Waals surface area contributed by atoms with E-state index < -0.39 is 0 Å². The molecule has 0 radical (unpaired) electrons. The van der Waals surface area contributed by atoms with Crippen LogP contribution in [-0.4, -0.2) is 30.7 Å². The number of hydrogen-bond donors (Lipinski definition) is 3. The van der Waals surface area contributed by atoms with E-state index in [2.05, 4.69) is 87.6 Å². The summed E-state index contributed by atoms with van der Waals surface area (Å²) >= 11 is 0. The highest BCUT2D eigenvalue weighted by Crippen LogP contribution is 2.21. The Morgan fingerprint density at radius 2 is 1.45 bits per heavy atom.